The first kappa shape index (κ1) is 15.0. The Bertz CT molecular complexity index is 423. The van der Waals surface area contributed by atoms with Gasteiger partial charge in [-0.25, -0.2) is 0 Å². The Kier molecular flexibility index (Phi) is 4.42. The highest BCUT2D eigenvalue weighted by Gasteiger charge is 2.44. The van der Waals surface area contributed by atoms with Gasteiger partial charge in [-0.15, -0.1) is 0 Å². The molecule has 0 aliphatic carbocycles. The molecule has 0 aromatic carbocycles. The fourth-order valence-electron chi connectivity index (χ4n) is 3.06. The number of hydrogen-bond acceptors (Lipinski definition) is 4. The van der Waals surface area contributed by atoms with Crippen molar-refractivity contribution in [2.45, 2.75) is 51.6 Å². The molecule has 2 saturated heterocycles. The van der Waals surface area contributed by atoms with E-state index >= 15 is 0 Å². The largest absolute Gasteiger partial charge is 0.481 e. The summed E-state index contributed by atoms with van der Waals surface area (Å²) >= 11 is 0. The third-order valence-corrected chi connectivity index (χ3v) is 4.43. The van der Waals surface area contributed by atoms with Crippen LogP contribution in [-0.2, 0) is 14.4 Å². The maximum atomic E-state index is 12.4. The average molecular weight is 282 g/mol. The molecule has 0 aromatic rings. The molecule has 6 nitrogen and oxygen atoms in total. The van der Waals surface area contributed by atoms with E-state index in [0.717, 1.165) is 12.8 Å². The predicted octanol–water partition coefficient (Wildman–Crippen LogP) is 0.709. The van der Waals surface area contributed by atoms with E-state index in [1.807, 2.05) is 18.7 Å². The summed E-state index contributed by atoms with van der Waals surface area (Å²) in [5.41, 5.74) is 0. The zero-order chi connectivity index (χ0) is 14.9. The van der Waals surface area contributed by atoms with Crippen molar-refractivity contribution >= 4 is 17.8 Å². The van der Waals surface area contributed by atoms with Crippen LogP contribution in [-0.4, -0.2) is 57.9 Å². The monoisotopic (exact) mass is 282 g/mol. The topological polar surface area (TPSA) is 77.9 Å². The number of carbonyl (C=O) groups is 3. The number of likely N-dealkylation sites (tertiary alicyclic amines) is 2. The van der Waals surface area contributed by atoms with Gasteiger partial charge in [-0.2, -0.15) is 0 Å². The van der Waals surface area contributed by atoms with Crippen LogP contribution in [0.5, 0.6) is 0 Å². The van der Waals surface area contributed by atoms with Gasteiger partial charge in [0.15, 0.2) is 0 Å². The van der Waals surface area contributed by atoms with Crippen LogP contribution >= 0.6 is 0 Å². The summed E-state index contributed by atoms with van der Waals surface area (Å²) in [6, 6.07) is -0.543. The number of nitrogens with zero attached hydrogens (tertiary/aromatic N) is 2. The normalized spacial score (nSPS) is 29.8. The van der Waals surface area contributed by atoms with Crippen LogP contribution in [0.4, 0.5) is 0 Å². The fourth-order valence-corrected chi connectivity index (χ4v) is 3.06. The number of imide groups is 1. The maximum Gasteiger partial charge on any atom is 0.307 e. The van der Waals surface area contributed by atoms with E-state index in [-0.39, 0.29) is 24.3 Å². The number of hydrogen-bond donors (Lipinski definition) is 1. The molecule has 2 rings (SSSR count). The molecule has 0 spiro atoms. The molecule has 2 aliphatic heterocycles. The minimum Gasteiger partial charge on any atom is -0.481 e. The van der Waals surface area contributed by atoms with Crippen molar-refractivity contribution in [3.8, 4) is 0 Å². The van der Waals surface area contributed by atoms with Crippen LogP contribution in [0.1, 0.15) is 39.5 Å². The van der Waals surface area contributed by atoms with Crippen molar-refractivity contribution in [2.75, 3.05) is 13.1 Å². The summed E-state index contributed by atoms with van der Waals surface area (Å²) in [6.07, 6.45) is 2.34. The smallest absolute Gasteiger partial charge is 0.307 e. The molecule has 0 bridgehead atoms. The molecule has 3 atom stereocenters. The molecule has 0 radical (unpaired) electrons. The van der Waals surface area contributed by atoms with Crippen LogP contribution in [0.15, 0.2) is 0 Å². The first-order valence-electron chi connectivity index (χ1n) is 7.28. The van der Waals surface area contributed by atoms with Gasteiger partial charge in [-0.05, 0) is 32.7 Å². The van der Waals surface area contributed by atoms with Crippen LogP contribution in [0, 0.1) is 5.92 Å². The predicted molar refractivity (Wildman–Crippen MR) is 71.9 cm³/mol. The molecular weight excluding hydrogens is 260 g/mol. The third kappa shape index (κ3) is 2.70. The molecule has 112 valence electrons. The lowest BCUT2D eigenvalue weighted by Crippen LogP contribution is -2.49. The zero-order valence-corrected chi connectivity index (χ0v) is 12.0. The number of rotatable bonds is 4. The Labute approximate surface area is 118 Å². The maximum absolute atomic E-state index is 12.4. The molecule has 2 amide bonds. The van der Waals surface area contributed by atoms with E-state index in [1.165, 1.54) is 4.90 Å². The second-order valence-corrected chi connectivity index (χ2v) is 5.75. The number of aliphatic carboxylic acids is 1. The average Bonchev–Trinajstić information content (AvgIpc) is 2.73. The highest BCUT2D eigenvalue weighted by molar-refractivity contribution is 6.05. The molecule has 0 aromatic heterocycles. The van der Waals surface area contributed by atoms with Crippen molar-refractivity contribution in [1.82, 2.24) is 9.80 Å². The van der Waals surface area contributed by atoms with Gasteiger partial charge in [0, 0.05) is 12.6 Å². The Morgan fingerprint density at radius 3 is 2.75 bits per heavy atom. The van der Waals surface area contributed by atoms with Crippen molar-refractivity contribution in [2.24, 2.45) is 5.92 Å². The van der Waals surface area contributed by atoms with Crippen LogP contribution in [0.25, 0.3) is 0 Å². The summed E-state index contributed by atoms with van der Waals surface area (Å²) in [4.78, 5) is 38.8. The van der Waals surface area contributed by atoms with E-state index in [0.29, 0.717) is 19.5 Å². The second kappa shape index (κ2) is 5.91. The van der Waals surface area contributed by atoms with E-state index in [2.05, 4.69) is 0 Å². The summed E-state index contributed by atoms with van der Waals surface area (Å²) in [6.45, 7) is 4.88. The molecule has 1 N–H and O–H groups in total. The second-order valence-electron chi connectivity index (χ2n) is 5.75. The van der Waals surface area contributed by atoms with Gasteiger partial charge < -0.3 is 5.11 Å². The van der Waals surface area contributed by atoms with E-state index in [9.17, 15) is 14.4 Å². The minimum absolute atomic E-state index is 0.0833. The molecule has 6 heteroatoms. The molecule has 20 heavy (non-hydrogen) atoms. The fraction of sp³-hybridized carbons (Fsp3) is 0.786. The number of amides is 2. The zero-order valence-electron chi connectivity index (χ0n) is 12.0. The lowest BCUT2D eigenvalue weighted by Gasteiger charge is -2.34. The van der Waals surface area contributed by atoms with E-state index < -0.39 is 17.9 Å². The lowest BCUT2D eigenvalue weighted by molar-refractivity contribution is -0.147. The Morgan fingerprint density at radius 1 is 1.45 bits per heavy atom. The van der Waals surface area contributed by atoms with Crippen molar-refractivity contribution < 1.29 is 19.5 Å². The van der Waals surface area contributed by atoms with Crippen LogP contribution in [0.2, 0.25) is 0 Å². The summed E-state index contributed by atoms with van der Waals surface area (Å²) < 4.78 is 0. The summed E-state index contributed by atoms with van der Waals surface area (Å²) in [5, 5.41) is 9.11. The van der Waals surface area contributed by atoms with Gasteiger partial charge >= 0.3 is 5.97 Å². The molecular formula is C14H22N2O4. The minimum atomic E-state index is -0.815. The number of carboxylic acids is 1. The molecule has 2 heterocycles. The van der Waals surface area contributed by atoms with E-state index in [1.54, 1.807) is 0 Å². The van der Waals surface area contributed by atoms with Crippen molar-refractivity contribution in [1.29, 1.82) is 0 Å². The number of carbonyl (C=O) groups excluding carboxylic acids is 2. The van der Waals surface area contributed by atoms with Crippen LogP contribution < -0.4 is 0 Å². The Balaban J connectivity index is 2.08. The van der Waals surface area contributed by atoms with Crippen molar-refractivity contribution in [3.05, 3.63) is 0 Å². The first-order chi connectivity index (χ1) is 9.45. The molecule has 3 unspecified atom stereocenters. The molecule has 2 aliphatic rings. The Morgan fingerprint density at radius 2 is 2.15 bits per heavy atom. The number of carboxylic acid groups (broad SMARTS) is 1. The summed E-state index contributed by atoms with van der Waals surface area (Å²) in [7, 11) is 0. The summed E-state index contributed by atoms with van der Waals surface area (Å²) in [5.74, 6) is -1.53. The van der Waals surface area contributed by atoms with Crippen molar-refractivity contribution in [3.63, 3.8) is 0 Å². The van der Waals surface area contributed by atoms with Gasteiger partial charge in [0.05, 0.1) is 18.4 Å². The van der Waals surface area contributed by atoms with Gasteiger partial charge in [0.2, 0.25) is 11.8 Å². The van der Waals surface area contributed by atoms with Gasteiger partial charge in [-0.1, -0.05) is 6.92 Å². The molecule has 0 saturated carbocycles. The standard InChI is InChI=1S/C14H22N2O4/c1-3-9(2)16-12(17)7-11(13(16)18)15-6-4-5-10(8-15)14(19)20/h9-11H,3-8H2,1-2H3,(H,19,20). The highest BCUT2D eigenvalue weighted by atomic mass is 16.4. The van der Waals surface area contributed by atoms with Gasteiger partial charge in [-0.3, -0.25) is 24.2 Å². The van der Waals surface area contributed by atoms with Crippen LogP contribution in [0.3, 0.4) is 0 Å². The van der Waals surface area contributed by atoms with E-state index in [4.69, 9.17) is 5.11 Å². The quantitative estimate of drug-likeness (QED) is 0.768. The SMILES string of the molecule is CCC(C)N1C(=O)CC(N2CCCC(C(=O)O)C2)C1=O. The number of piperidine rings is 1. The highest BCUT2D eigenvalue weighted by Crippen LogP contribution is 2.26. The first-order valence-corrected chi connectivity index (χ1v) is 7.28. The van der Waals surface area contributed by atoms with Gasteiger partial charge in [0.1, 0.15) is 0 Å². The third-order valence-electron chi connectivity index (χ3n) is 4.43. The lowest BCUT2D eigenvalue weighted by atomic mass is 9.96. The van der Waals surface area contributed by atoms with Gasteiger partial charge in [0.25, 0.3) is 0 Å². The molecule has 2 fully saturated rings. The Hall–Kier alpha value is -1.43.